The molecule has 1 aromatic heterocycles. The number of hydrogen-bond donors (Lipinski definition) is 1. The van der Waals surface area contributed by atoms with Gasteiger partial charge in [-0.05, 0) is 37.1 Å². The molecule has 0 atom stereocenters. The van der Waals surface area contributed by atoms with Gasteiger partial charge >= 0.3 is 5.91 Å². The summed E-state index contributed by atoms with van der Waals surface area (Å²) in [6, 6.07) is 6.99. The first kappa shape index (κ1) is 11.1. The lowest BCUT2D eigenvalue weighted by Gasteiger charge is -2.24. The zero-order valence-corrected chi connectivity index (χ0v) is 9.89. The van der Waals surface area contributed by atoms with Crippen LogP contribution in [-0.4, -0.2) is 24.1 Å². The van der Waals surface area contributed by atoms with Crippen LogP contribution in [-0.2, 0) is 4.84 Å². The Hall–Kier alpha value is -2.01. The molecular formula is C13H14N2O3. The number of amides is 1. The van der Waals surface area contributed by atoms with Crippen LogP contribution in [0.25, 0.3) is 11.0 Å². The van der Waals surface area contributed by atoms with Gasteiger partial charge in [0.1, 0.15) is 5.58 Å². The number of hydroxylamine groups is 2. The van der Waals surface area contributed by atoms with E-state index in [0.29, 0.717) is 24.4 Å². The van der Waals surface area contributed by atoms with E-state index in [1.807, 2.05) is 0 Å². The molecule has 5 nitrogen and oxygen atoms in total. The number of nitrogen functional groups attached to an aromatic ring is 1. The normalized spacial score (nSPS) is 16.1. The lowest BCUT2D eigenvalue weighted by atomic mass is 10.2. The molecule has 1 aliphatic rings. The molecule has 1 amide bonds. The van der Waals surface area contributed by atoms with E-state index in [0.717, 1.165) is 18.2 Å². The Balaban J connectivity index is 1.91. The molecule has 1 saturated heterocycles. The van der Waals surface area contributed by atoms with Crippen molar-refractivity contribution in [2.45, 2.75) is 12.8 Å². The molecule has 0 unspecified atom stereocenters. The van der Waals surface area contributed by atoms with E-state index in [9.17, 15) is 4.79 Å². The van der Waals surface area contributed by atoms with Crippen LogP contribution in [0.4, 0.5) is 5.69 Å². The Bertz CT molecular complexity index is 585. The molecule has 1 aromatic carbocycles. The first-order valence-electron chi connectivity index (χ1n) is 5.98. The molecule has 0 bridgehead atoms. The second-order valence-electron chi connectivity index (χ2n) is 4.36. The molecule has 5 heteroatoms. The zero-order chi connectivity index (χ0) is 12.5. The molecule has 2 heterocycles. The van der Waals surface area contributed by atoms with Gasteiger partial charge in [-0.15, -0.1) is 0 Å². The average Bonchev–Trinajstić information content (AvgIpc) is 2.81. The summed E-state index contributed by atoms with van der Waals surface area (Å²) in [4.78, 5) is 17.4. The highest BCUT2D eigenvalue weighted by Crippen LogP contribution is 2.23. The summed E-state index contributed by atoms with van der Waals surface area (Å²) in [5, 5.41) is 2.19. The van der Waals surface area contributed by atoms with Gasteiger partial charge in [0, 0.05) is 17.6 Å². The molecule has 94 valence electrons. The minimum Gasteiger partial charge on any atom is -0.451 e. The average molecular weight is 246 g/mol. The lowest BCUT2D eigenvalue weighted by molar-refractivity contribution is -0.145. The van der Waals surface area contributed by atoms with E-state index < -0.39 is 0 Å². The lowest BCUT2D eigenvalue weighted by Crippen LogP contribution is -2.35. The number of hydrogen-bond acceptors (Lipinski definition) is 4. The highest BCUT2D eigenvalue weighted by Gasteiger charge is 2.22. The quantitative estimate of drug-likeness (QED) is 0.783. The van der Waals surface area contributed by atoms with Crippen LogP contribution in [0, 0.1) is 0 Å². The minimum atomic E-state index is -0.232. The van der Waals surface area contributed by atoms with Gasteiger partial charge < -0.3 is 10.2 Å². The summed E-state index contributed by atoms with van der Waals surface area (Å²) in [5.74, 6) is 0.0574. The number of nitrogens with two attached hydrogens (primary N) is 1. The number of benzene rings is 1. The summed E-state index contributed by atoms with van der Waals surface area (Å²) >= 11 is 0. The number of carbonyl (C=O) groups excluding carboxylic acids is 1. The maximum absolute atomic E-state index is 12.1. The summed E-state index contributed by atoms with van der Waals surface area (Å²) in [5.41, 5.74) is 7.00. The van der Waals surface area contributed by atoms with Gasteiger partial charge in [-0.2, -0.15) is 0 Å². The third-order valence-electron chi connectivity index (χ3n) is 2.98. The Labute approximate surface area is 104 Å². The summed E-state index contributed by atoms with van der Waals surface area (Å²) in [6.07, 6.45) is 1.94. The Kier molecular flexibility index (Phi) is 2.68. The number of nitrogens with zero attached hydrogens (tertiary/aromatic N) is 1. The summed E-state index contributed by atoms with van der Waals surface area (Å²) in [7, 11) is 0. The SMILES string of the molecule is Nc1ccc2oc(C(=O)N3CCCCO3)cc2c1. The molecular weight excluding hydrogens is 232 g/mol. The summed E-state index contributed by atoms with van der Waals surface area (Å²) < 4.78 is 5.51. The number of rotatable bonds is 1. The van der Waals surface area contributed by atoms with Crippen LogP contribution in [0.15, 0.2) is 28.7 Å². The van der Waals surface area contributed by atoms with Crippen molar-refractivity contribution in [2.75, 3.05) is 18.9 Å². The van der Waals surface area contributed by atoms with Crippen molar-refractivity contribution in [3.63, 3.8) is 0 Å². The van der Waals surface area contributed by atoms with Crippen LogP contribution < -0.4 is 5.73 Å². The van der Waals surface area contributed by atoms with E-state index in [4.69, 9.17) is 15.0 Å². The van der Waals surface area contributed by atoms with Crippen LogP contribution in [0.5, 0.6) is 0 Å². The first-order chi connectivity index (χ1) is 8.74. The molecule has 0 saturated carbocycles. The van der Waals surface area contributed by atoms with Gasteiger partial charge in [-0.1, -0.05) is 0 Å². The fourth-order valence-corrected chi connectivity index (χ4v) is 2.05. The molecule has 3 rings (SSSR count). The van der Waals surface area contributed by atoms with Crippen molar-refractivity contribution < 1.29 is 14.0 Å². The van der Waals surface area contributed by atoms with Crippen molar-refractivity contribution >= 4 is 22.6 Å². The van der Waals surface area contributed by atoms with E-state index in [2.05, 4.69) is 0 Å². The number of furan rings is 1. The van der Waals surface area contributed by atoms with Gasteiger partial charge in [0.2, 0.25) is 0 Å². The third kappa shape index (κ3) is 1.93. The molecule has 18 heavy (non-hydrogen) atoms. The number of anilines is 1. The molecule has 0 aliphatic carbocycles. The van der Waals surface area contributed by atoms with Gasteiger partial charge in [-0.3, -0.25) is 9.63 Å². The smallest absolute Gasteiger partial charge is 0.313 e. The maximum atomic E-state index is 12.1. The molecule has 2 N–H and O–H groups in total. The largest absolute Gasteiger partial charge is 0.451 e. The first-order valence-corrected chi connectivity index (χ1v) is 5.98. The predicted molar refractivity (Wildman–Crippen MR) is 66.8 cm³/mol. The molecule has 0 spiro atoms. The monoisotopic (exact) mass is 246 g/mol. The zero-order valence-electron chi connectivity index (χ0n) is 9.89. The van der Waals surface area contributed by atoms with E-state index in [-0.39, 0.29) is 11.7 Å². The molecule has 0 radical (unpaired) electrons. The van der Waals surface area contributed by atoms with E-state index in [1.54, 1.807) is 24.3 Å². The number of carbonyl (C=O) groups is 1. The highest BCUT2D eigenvalue weighted by molar-refractivity contribution is 5.96. The minimum absolute atomic E-state index is 0.232. The van der Waals surface area contributed by atoms with E-state index >= 15 is 0 Å². The van der Waals surface area contributed by atoms with Gasteiger partial charge in [0.05, 0.1) is 6.61 Å². The van der Waals surface area contributed by atoms with Crippen LogP contribution in [0.3, 0.4) is 0 Å². The van der Waals surface area contributed by atoms with Crippen molar-refractivity contribution in [2.24, 2.45) is 0 Å². The predicted octanol–water partition coefficient (Wildman–Crippen LogP) is 2.18. The second kappa shape index (κ2) is 4.34. The standard InChI is InChI=1S/C13H14N2O3/c14-10-3-4-11-9(7-10)8-12(18-11)13(16)15-5-1-2-6-17-15/h3-4,7-8H,1-2,5-6,14H2. The fourth-order valence-electron chi connectivity index (χ4n) is 2.05. The Morgan fingerprint density at radius 3 is 2.94 bits per heavy atom. The number of fused-ring (bicyclic) bond motifs is 1. The Morgan fingerprint density at radius 1 is 1.28 bits per heavy atom. The topological polar surface area (TPSA) is 68.7 Å². The van der Waals surface area contributed by atoms with Gasteiger partial charge in [0.25, 0.3) is 0 Å². The maximum Gasteiger partial charge on any atom is 0.313 e. The van der Waals surface area contributed by atoms with E-state index in [1.165, 1.54) is 5.06 Å². The highest BCUT2D eigenvalue weighted by atomic mass is 16.7. The van der Waals surface area contributed by atoms with Crippen molar-refractivity contribution in [1.82, 2.24) is 5.06 Å². The fraction of sp³-hybridized carbons (Fsp3) is 0.308. The summed E-state index contributed by atoms with van der Waals surface area (Å²) in [6.45, 7) is 1.19. The Morgan fingerprint density at radius 2 is 2.17 bits per heavy atom. The van der Waals surface area contributed by atoms with Crippen LogP contribution >= 0.6 is 0 Å². The van der Waals surface area contributed by atoms with Crippen LogP contribution in [0.1, 0.15) is 23.4 Å². The third-order valence-corrected chi connectivity index (χ3v) is 2.98. The second-order valence-corrected chi connectivity index (χ2v) is 4.36. The van der Waals surface area contributed by atoms with Crippen LogP contribution in [0.2, 0.25) is 0 Å². The van der Waals surface area contributed by atoms with Crippen molar-refractivity contribution in [3.05, 3.63) is 30.0 Å². The molecule has 2 aromatic rings. The van der Waals surface area contributed by atoms with Crippen molar-refractivity contribution in [1.29, 1.82) is 0 Å². The van der Waals surface area contributed by atoms with Gasteiger partial charge in [0.15, 0.2) is 5.76 Å². The van der Waals surface area contributed by atoms with Gasteiger partial charge in [-0.25, -0.2) is 5.06 Å². The molecule has 1 aliphatic heterocycles. The molecule has 1 fully saturated rings. The van der Waals surface area contributed by atoms with Crippen molar-refractivity contribution in [3.8, 4) is 0 Å².